The minimum atomic E-state index is -1.49. The SMILES string of the molecule is CC(=O)N[C@@H](C)C(=O)Nc1ccc(C(OC(=O)N2C[C@@]3(C)CN(CC4CCN(CCOc5cc([C@H](C(=O)N6C[C@H](O)C[C@H]6C(=O)N[C@@H](C)c6ccc(-c7scnc7C)cc6)C(C)C)on5)CC4)CCN3c3cc(-c4ccccc4O)nnc32)C(=O)NCCCCCN2C(=O)C=CC2=O)cc1. The van der Waals surface area contributed by atoms with Crippen LogP contribution in [0.15, 0.2) is 107 Å². The number of ether oxygens (including phenoxy) is 2. The first-order valence-corrected chi connectivity index (χ1v) is 35.1. The fraction of sp³-hybridized carbons (Fsp3) is 0.472. The van der Waals surface area contributed by atoms with E-state index in [1.165, 1.54) is 33.8 Å². The van der Waals surface area contributed by atoms with Gasteiger partial charge in [-0.05, 0) is 131 Å². The van der Waals surface area contributed by atoms with Crippen molar-refractivity contribution in [2.24, 2.45) is 11.8 Å². The molecular weight excluding hydrogens is 1300 g/mol. The number of nitrogens with one attached hydrogen (secondary N) is 4. The number of hydrogen-bond donors (Lipinski definition) is 6. The number of benzene rings is 3. The zero-order valence-corrected chi connectivity index (χ0v) is 58.2. The number of piperidine rings is 1. The van der Waals surface area contributed by atoms with Crippen molar-refractivity contribution < 1.29 is 62.6 Å². The number of para-hydroxylation sites is 1. The van der Waals surface area contributed by atoms with Crippen molar-refractivity contribution in [3.8, 4) is 33.3 Å². The Balaban J connectivity index is 0.705. The summed E-state index contributed by atoms with van der Waals surface area (Å²) in [4.78, 5) is 123. The van der Waals surface area contributed by atoms with E-state index in [2.05, 4.69) is 63.2 Å². The molecule has 0 radical (unpaired) electrons. The van der Waals surface area contributed by atoms with Gasteiger partial charge in [-0.2, -0.15) is 0 Å². The van der Waals surface area contributed by atoms with Crippen molar-refractivity contribution in [2.45, 2.75) is 129 Å². The molecule has 6 aromatic rings. The van der Waals surface area contributed by atoms with E-state index in [4.69, 9.17) is 14.0 Å². The quantitative estimate of drug-likeness (QED) is 0.0238. The molecule has 28 heteroatoms. The van der Waals surface area contributed by atoms with E-state index in [0.29, 0.717) is 91.9 Å². The highest BCUT2D eigenvalue weighted by molar-refractivity contribution is 7.13. The topological polar surface area (TPSA) is 328 Å². The molecule has 0 bridgehead atoms. The van der Waals surface area contributed by atoms with Gasteiger partial charge >= 0.3 is 6.09 Å². The van der Waals surface area contributed by atoms with Crippen LogP contribution >= 0.6 is 11.3 Å². The number of fused-ring (bicyclic) bond motifs is 3. The van der Waals surface area contributed by atoms with Crippen LogP contribution in [-0.2, 0) is 38.3 Å². The summed E-state index contributed by atoms with van der Waals surface area (Å²) < 4.78 is 18.2. The summed E-state index contributed by atoms with van der Waals surface area (Å²) in [5.74, 6) is -2.76. The summed E-state index contributed by atoms with van der Waals surface area (Å²) in [6.45, 7) is 18.4. The van der Waals surface area contributed by atoms with Crippen molar-refractivity contribution >= 4 is 76.0 Å². The van der Waals surface area contributed by atoms with Crippen molar-refractivity contribution in [1.82, 2.24) is 55.9 Å². The number of aromatic nitrogens is 4. The van der Waals surface area contributed by atoms with E-state index in [9.17, 15) is 43.8 Å². The summed E-state index contributed by atoms with van der Waals surface area (Å²) >= 11 is 1.57. The molecule has 3 aromatic carbocycles. The molecule has 100 heavy (non-hydrogen) atoms. The first kappa shape index (κ1) is 71.6. The average Bonchev–Trinajstić information content (AvgIpc) is 0.926. The average molecular weight is 1390 g/mol. The fourth-order valence-corrected chi connectivity index (χ4v) is 14.8. The molecule has 1 unspecified atom stereocenters. The van der Waals surface area contributed by atoms with Gasteiger partial charge in [-0.3, -0.25) is 53.2 Å². The van der Waals surface area contributed by atoms with Gasteiger partial charge < -0.3 is 55.3 Å². The molecule has 3 saturated heterocycles. The van der Waals surface area contributed by atoms with E-state index < -0.39 is 53.7 Å². The number of phenols is 1. The number of thiazole rings is 1. The number of amides is 8. The van der Waals surface area contributed by atoms with E-state index >= 15 is 4.79 Å². The summed E-state index contributed by atoms with van der Waals surface area (Å²) in [5.41, 5.74) is 6.10. The molecule has 11 rings (SSSR count). The minimum absolute atomic E-state index is 0.00613. The number of nitrogens with zero attached hydrogens (tertiary/aromatic N) is 10. The smallest absolute Gasteiger partial charge is 0.416 e. The van der Waals surface area contributed by atoms with E-state index in [-0.39, 0.29) is 91.5 Å². The first-order valence-electron chi connectivity index (χ1n) is 34.2. The number of aromatic hydroxyl groups is 1. The molecule has 5 aliphatic rings. The second-order valence-corrected chi connectivity index (χ2v) is 28.0. The van der Waals surface area contributed by atoms with E-state index in [1.807, 2.05) is 63.5 Å². The van der Waals surface area contributed by atoms with Gasteiger partial charge in [0.2, 0.25) is 29.7 Å². The van der Waals surface area contributed by atoms with Crippen LogP contribution in [0.4, 0.5) is 22.0 Å². The lowest BCUT2D eigenvalue weighted by Gasteiger charge is -2.55. The third-order valence-corrected chi connectivity index (χ3v) is 20.3. The number of hydrogen-bond acceptors (Lipinski definition) is 21. The Hall–Kier alpha value is -9.64. The lowest BCUT2D eigenvalue weighted by Crippen LogP contribution is -2.68. The van der Waals surface area contributed by atoms with Crippen LogP contribution in [0, 0.1) is 18.8 Å². The molecule has 3 aromatic heterocycles. The van der Waals surface area contributed by atoms with Crippen LogP contribution in [0.1, 0.15) is 121 Å². The number of aliphatic hydroxyl groups excluding tert-OH is 1. The number of β-amino-alcohol motifs (C(OH)–C–C–N with tert-alkyl or cyclic N) is 1. The maximum atomic E-state index is 15.1. The second-order valence-electron chi connectivity index (χ2n) is 27.2. The van der Waals surface area contributed by atoms with Gasteiger partial charge in [0, 0.05) is 101 Å². The van der Waals surface area contributed by atoms with E-state index in [1.54, 1.807) is 72.9 Å². The molecule has 0 aliphatic carbocycles. The van der Waals surface area contributed by atoms with Crippen molar-refractivity contribution in [1.29, 1.82) is 0 Å². The highest BCUT2D eigenvalue weighted by Crippen LogP contribution is 2.44. The van der Waals surface area contributed by atoms with Gasteiger partial charge in [-0.1, -0.05) is 62.4 Å². The highest BCUT2D eigenvalue weighted by atomic mass is 32.1. The number of carbonyl (C=O) groups is 8. The van der Waals surface area contributed by atoms with Crippen LogP contribution < -0.4 is 35.8 Å². The Morgan fingerprint density at radius 1 is 0.820 bits per heavy atom. The van der Waals surface area contributed by atoms with Crippen LogP contribution in [0.5, 0.6) is 11.6 Å². The molecule has 8 heterocycles. The van der Waals surface area contributed by atoms with Gasteiger partial charge in [-0.15, -0.1) is 21.5 Å². The van der Waals surface area contributed by atoms with Gasteiger partial charge in [-0.25, -0.2) is 9.78 Å². The predicted molar refractivity (Wildman–Crippen MR) is 373 cm³/mol. The number of unbranched alkanes of at least 4 members (excludes halogenated alkanes) is 2. The number of phenolic OH excluding ortho intramolecular Hbond substituents is 1. The first-order chi connectivity index (χ1) is 48.0. The molecule has 6 N–H and O–H groups in total. The number of aliphatic hydroxyl groups is 1. The molecule has 5 aliphatic heterocycles. The predicted octanol–water partition coefficient (Wildman–Crippen LogP) is 6.89. The maximum absolute atomic E-state index is 15.1. The Morgan fingerprint density at radius 3 is 2.25 bits per heavy atom. The summed E-state index contributed by atoms with van der Waals surface area (Å²) in [5, 5.41) is 46.4. The van der Waals surface area contributed by atoms with Gasteiger partial charge in [0.1, 0.15) is 30.4 Å². The zero-order valence-electron chi connectivity index (χ0n) is 57.4. The minimum Gasteiger partial charge on any atom is -0.507 e. The van der Waals surface area contributed by atoms with Crippen LogP contribution in [0.25, 0.3) is 21.7 Å². The number of aryl methyl sites for hydroxylation is 1. The molecule has 0 saturated carbocycles. The number of piperazine rings is 1. The second kappa shape index (κ2) is 31.7. The number of likely N-dealkylation sites (tertiary alicyclic amines) is 2. The van der Waals surface area contributed by atoms with Gasteiger partial charge in [0.05, 0.1) is 51.7 Å². The van der Waals surface area contributed by atoms with Crippen LogP contribution in [0.3, 0.4) is 0 Å². The van der Waals surface area contributed by atoms with Gasteiger partial charge in [0.25, 0.3) is 23.6 Å². The Morgan fingerprint density at radius 2 is 1.55 bits per heavy atom. The summed E-state index contributed by atoms with van der Waals surface area (Å²) in [6, 6.07) is 22.4. The lowest BCUT2D eigenvalue weighted by molar-refractivity contribution is -0.141. The Kier molecular flexibility index (Phi) is 22.7. The summed E-state index contributed by atoms with van der Waals surface area (Å²) in [6.07, 6.45) is 2.80. The molecule has 530 valence electrons. The normalized spacial score (nSPS) is 20.0. The van der Waals surface area contributed by atoms with E-state index in [0.717, 1.165) is 54.2 Å². The molecule has 8 amide bonds. The molecule has 27 nitrogen and oxygen atoms in total. The third-order valence-electron chi connectivity index (χ3n) is 19.3. The molecule has 7 atom stereocenters. The van der Waals surface area contributed by atoms with Gasteiger partial charge in [0.15, 0.2) is 11.6 Å². The summed E-state index contributed by atoms with van der Waals surface area (Å²) in [7, 11) is 0. The number of anilines is 3. The number of imide groups is 1. The number of carbonyl (C=O) groups excluding carboxylic acids is 8. The third kappa shape index (κ3) is 16.8. The standard InChI is InChI=1S/C72H88N14O13S/c1-43(2)63(70(95)84-39-53(88)35-57(84)68(93)76-44(3)49-15-17-51(18-16-49)65-45(4)74-42-100-65)59-37-60(80-99-59)97-34-33-81-29-25-48(26-30-81)38-82-31-32-86-56-36-55(54-13-9-10-14-58(54)89)78-79-66(56)85(41-72(86,7)40-82)71(96)98-64(50-19-21-52(22-20-50)77-67(92)46(5)75-47(6)87)69(94)73-27-11-8-12-28-83-61(90)23-24-62(83)91/h9-10,13-24,36-37,42-44,46,48,53,57,63-64,88-89H,8,11-12,25-35,38-41H2,1-7H3,(H,73,94)(H,75,87)(H,76,93)(H,77,92)/t44-,46-,53+,57-,63+,64?,72+/m0/s1. The maximum Gasteiger partial charge on any atom is 0.416 e. The Bertz CT molecular complexity index is 3970. The zero-order chi connectivity index (χ0) is 70.9. The molecule has 3 fully saturated rings. The lowest BCUT2D eigenvalue weighted by atomic mass is 9.89. The monoisotopic (exact) mass is 1390 g/mol. The van der Waals surface area contributed by atoms with Crippen molar-refractivity contribution in [3.63, 3.8) is 0 Å². The fourth-order valence-electron chi connectivity index (χ4n) is 14.0. The largest absolute Gasteiger partial charge is 0.507 e. The number of rotatable bonds is 26. The Labute approximate surface area is 584 Å². The van der Waals surface area contributed by atoms with Crippen LogP contribution in [0.2, 0.25) is 0 Å². The van der Waals surface area contributed by atoms with Crippen molar-refractivity contribution in [3.05, 3.63) is 125 Å². The molecular formula is C72H88N14O13S. The highest BCUT2D eigenvalue weighted by Gasteiger charge is 2.49. The van der Waals surface area contributed by atoms with Crippen LogP contribution in [-0.4, -0.2) is 200 Å². The molecule has 0 spiro atoms. The van der Waals surface area contributed by atoms with Crippen molar-refractivity contribution in [2.75, 3.05) is 93.7 Å².